The molecule has 80 heavy (non-hydrogen) atoms. The van der Waals surface area contributed by atoms with Gasteiger partial charge in [-0.05, 0) is 134 Å². The van der Waals surface area contributed by atoms with Crippen molar-refractivity contribution in [2.75, 3.05) is 42.7 Å². The van der Waals surface area contributed by atoms with Crippen molar-refractivity contribution in [2.45, 2.75) is 80.8 Å². The molecule has 6 aromatic carbocycles. The van der Waals surface area contributed by atoms with Crippen molar-refractivity contribution < 1.29 is 43.6 Å². The van der Waals surface area contributed by atoms with E-state index in [1.54, 1.807) is 42.7 Å². The van der Waals surface area contributed by atoms with Crippen LogP contribution < -0.4 is 71.7 Å². The third-order valence-electron chi connectivity index (χ3n) is 13.7. The summed E-state index contributed by atoms with van der Waals surface area (Å²) in [6, 6.07) is 46.8. The SMILES string of the molecule is COc1cc(P(c2cc(C)cc(C)c2)c2cc(C)cc(C)c2)c(-c2c(P(c3cc(C)cc(C)c3)c3cc(C)cc(C)c3)cc(OC)nc2OC)c(OC)n1.COc1ccc(C(N)(c2ccc(OC)cc2)[C@H](N)C(C)C)cc1.[Cl][Ru][Cl]. The van der Waals surface area contributed by atoms with E-state index >= 15 is 0 Å². The molecule has 0 bridgehead atoms. The van der Waals surface area contributed by atoms with Crippen LogP contribution in [0.4, 0.5) is 0 Å². The standard InChI is InChI=1S/C46H50N2O4P2.C19H26N2O2.2ClH.Ru/c1-27-13-28(2)18-35(17-27)53(36-19-29(3)14-30(4)20-36)39-25-41(49-9)47-45(51-11)43(39)44-40(26-42(50-10)48-46(44)52-12)54(37-21-31(5)15-32(6)22-37)38-23-33(7)16-34(8)24-38;1-13(2)18(20)19(21,14-5-9-16(22-3)10-6-14)15-7-11-17(23-4)12-8-15;;;/h13-26H,1-12H3;5-13,18H,20-21H2,1-4H3;2*1H;/q;;;;+2/p-2/t;18-;;;/m.1.../s1. The topological polar surface area (TPSA) is 133 Å². The third kappa shape index (κ3) is 15.1. The monoisotopic (exact) mass is 1240 g/mol. The average molecular weight is 1240 g/mol. The molecule has 0 aliphatic heterocycles. The third-order valence-corrected chi connectivity index (χ3v) is 18.4. The van der Waals surface area contributed by atoms with Crippen LogP contribution in [0, 0.1) is 61.3 Å². The number of pyridine rings is 2. The van der Waals surface area contributed by atoms with Crippen LogP contribution in [0.5, 0.6) is 35.0 Å². The van der Waals surface area contributed by atoms with Crippen LogP contribution >= 0.6 is 35.2 Å². The molecule has 0 amide bonds. The van der Waals surface area contributed by atoms with Gasteiger partial charge in [0, 0.05) is 28.8 Å². The van der Waals surface area contributed by atoms with E-state index in [1.807, 2.05) is 48.5 Å². The number of nitrogens with zero attached hydrogens (tertiary/aromatic N) is 2. The van der Waals surface area contributed by atoms with Crippen LogP contribution in [0.15, 0.2) is 133 Å². The summed E-state index contributed by atoms with van der Waals surface area (Å²) in [5.74, 6) is 3.64. The molecule has 0 unspecified atom stereocenters. The molecule has 2 aromatic heterocycles. The summed E-state index contributed by atoms with van der Waals surface area (Å²) in [5, 5.41) is 6.94. The number of aromatic nitrogens is 2. The summed E-state index contributed by atoms with van der Waals surface area (Å²) in [6.45, 7) is 21.5. The molecule has 8 rings (SSSR count). The Kier molecular flexibility index (Phi) is 23.0. The van der Waals surface area contributed by atoms with Gasteiger partial charge in [-0.15, -0.1) is 0 Å². The van der Waals surface area contributed by atoms with E-state index in [-0.39, 0.29) is 27.1 Å². The number of methoxy groups -OCH3 is 6. The number of benzene rings is 6. The van der Waals surface area contributed by atoms with Crippen LogP contribution in [0.2, 0.25) is 0 Å². The van der Waals surface area contributed by atoms with E-state index in [0.717, 1.165) is 44.4 Å². The van der Waals surface area contributed by atoms with Crippen LogP contribution in [-0.4, -0.2) is 58.7 Å². The first kappa shape index (κ1) is 63.6. The zero-order valence-corrected chi connectivity index (χ0v) is 53.9. The van der Waals surface area contributed by atoms with Crippen molar-refractivity contribution in [3.8, 4) is 46.1 Å². The van der Waals surface area contributed by atoms with Gasteiger partial charge in [0.15, 0.2) is 0 Å². The van der Waals surface area contributed by atoms with E-state index in [2.05, 4.69) is 154 Å². The number of hydrogen-bond acceptors (Lipinski definition) is 10. The number of hydrogen-bond donors (Lipinski definition) is 2. The molecule has 424 valence electrons. The van der Waals surface area contributed by atoms with Gasteiger partial charge >= 0.3 is 34.5 Å². The van der Waals surface area contributed by atoms with Gasteiger partial charge in [0.25, 0.3) is 0 Å². The van der Waals surface area contributed by atoms with E-state index in [1.165, 1.54) is 65.7 Å². The van der Waals surface area contributed by atoms with Crippen molar-refractivity contribution in [1.29, 1.82) is 0 Å². The van der Waals surface area contributed by atoms with Gasteiger partial charge in [0.05, 0.1) is 59.3 Å². The summed E-state index contributed by atoms with van der Waals surface area (Å²) in [5.41, 5.74) is 25.8. The van der Waals surface area contributed by atoms with Gasteiger partial charge in [0.2, 0.25) is 23.5 Å². The Morgan fingerprint density at radius 1 is 0.425 bits per heavy atom. The predicted molar refractivity (Wildman–Crippen MR) is 334 cm³/mol. The van der Waals surface area contributed by atoms with Crippen LogP contribution in [0.1, 0.15) is 69.5 Å². The normalized spacial score (nSPS) is 11.6. The molecule has 0 aliphatic carbocycles. The summed E-state index contributed by atoms with van der Waals surface area (Å²) in [6.07, 6.45) is 0. The number of halogens is 2. The van der Waals surface area contributed by atoms with Crippen molar-refractivity contribution in [1.82, 2.24) is 9.97 Å². The second-order valence-corrected chi connectivity index (χ2v) is 27.3. The van der Waals surface area contributed by atoms with Crippen LogP contribution in [-0.2, 0) is 20.7 Å². The van der Waals surface area contributed by atoms with Crippen molar-refractivity contribution in [2.24, 2.45) is 17.4 Å². The van der Waals surface area contributed by atoms with Gasteiger partial charge in [0.1, 0.15) is 11.5 Å². The Labute approximate surface area is 493 Å². The Bertz CT molecular complexity index is 2990. The summed E-state index contributed by atoms with van der Waals surface area (Å²) >= 11 is -0.346. The van der Waals surface area contributed by atoms with Crippen LogP contribution in [0.25, 0.3) is 11.1 Å². The first-order valence-corrected chi connectivity index (χ1v) is 33.2. The maximum atomic E-state index is 6.86. The maximum absolute atomic E-state index is 6.86. The molecule has 10 nitrogen and oxygen atoms in total. The van der Waals surface area contributed by atoms with Crippen molar-refractivity contribution in [3.63, 3.8) is 0 Å². The summed E-state index contributed by atoms with van der Waals surface area (Å²) < 4.78 is 34.9. The Hall–Kier alpha value is -5.60. The van der Waals surface area contributed by atoms with Gasteiger partial charge in [-0.3, -0.25) is 0 Å². The predicted octanol–water partition coefficient (Wildman–Crippen LogP) is 12.4. The molecule has 15 heteroatoms. The van der Waals surface area contributed by atoms with E-state index in [9.17, 15) is 0 Å². The average Bonchev–Trinajstić information content (AvgIpc) is 3.48. The molecule has 0 spiro atoms. The molecule has 2 heterocycles. The van der Waals surface area contributed by atoms with Crippen LogP contribution in [0.3, 0.4) is 0 Å². The minimum absolute atomic E-state index is 0.226. The Balaban J connectivity index is 0.000000330. The molecule has 0 fully saturated rings. The number of nitrogens with two attached hydrogens (primary N) is 2. The minimum atomic E-state index is -1.20. The number of rotatable bonds is 17. The fourth-order valence-electron chi connectivity index (χ4n) is 10.3. The van der Waals surface area contributed by atoms with E-state index in [4.69, 9.17) is 69.2 Å². The van der Waals surface area contributed by atoms with E-state index < -0.39 is 21.4 Å². The summed E-state index contributed by atoms with van der Waals surface area (Å²) in [7, 11) is 17.3. The quantitative estimate of drug-likeness (QED) is 0.0671. The van der Waals surface area contributed by atoms with Gasteiger partial charge < -0.3 is 39.9 Å². The molecule has 0 radical (unpaired) electrons. The molecule has 1 atom stereocenters. The fourth-order valence-corrected chi connectivity index (χ4v) is 16.0. The second-order valence-electron chi connectivity index (χ2n) is 20.3. The first-order chi connectivity index (χ1) is 38.2. The molecule has 8 aromatic rings. The molecular weight excluding hydrogens is 1170 g/mol. The molecule has 0 saturated carbocycles. The van der Waals surface area contributed by atoms with Crippen molar-refractivity contribution >= 4 is 67.1 Å². The zero-order valence-electron chi connectivity index (χ0n) is 48.9. The number of ether oxygens (including phenoxy) is 6. The molecule has 4 N–H and O–H groups in total. The molecular formula is C65H76Cl2N4O6P2Ru. The second kappa shape index (κ2) is 28.9. The fraction of sp³-hybridized carbons (Fsp3) is 0.292. The van der Waals surface area contributed by atoms with Gasteiger partial charge in [-0.1, -0.05) is 155 Å². The number of aryl methyl sites for hydroxylation is 8. The van der Waals surface area contributed by atoms with Crippen molar-refractivity contribution in [3.05, 3.63) is 189 Å². The first-order valence-electron chi connectivity index (χ1n) is 26.1. The Morgan fingerprint density at radius 2 is 0.688 bits per heavy atom. The zero-order chi connectivity index (χ0) is 58.6. The molecule has 0 saturated heterocycles. The van der Waals surface area contributed by atoms with Gasteiger partial charge in [-0.2, -0.15) is 9.97 Å². The van der Waals surface area contributed by atoms with E-state index in [0.29, 0.717) is 23.5 Å². The molecule has 0 aliphatic rings. The Morgan fingerprint density at radius 3 is 0.900 bits per heavy atom. The van der Waals surface area contributed by atoms with Gasteiger partial charge in [-0.25, -0.2) is 0 Å². The summed E-state index contributed by atoms with van der Waals surface area (Å²) in [4.78, 5) is 9.93.